The zero-order valence-electron chi connectivity index (χ0n) is 14.7. The standard InChI is InChI=1S/C21H21NO4/c1-2-25-21(24)14-22-13-17(18-10-6-7-11-19(18)22)12-20(23)26-15-16-8-4-3-5-9-16/h3-11,13H,2,12,14-15H2,1H3. The third-order valence-corrected chi connectivity index (χ3v) is 4.05. The maximum absolute atomic E-state index is 12.2. The molecule has 1 aromatic heterocycles. The Kier molecular flexibility index (Phi) is 5.69. The minimum absolute atomic E-state index is 0.118. The van der Waals surface area contributed by atoms with Crippen LogP contribution in [0.4, 0.5) is 0 Å². The van der Waals surface area contributed by atoms with E-state index in [1.165, 1.54) is 0 Å². The molecule has 0 fully saturated rings. The lowest BCUT2D eigenvalue weighted by Crippen LogP contribution is -2.12. The van der Waals surface area contributed by atoms with E-state index in [9.17, 15) is 9.59 Å². The number of carbonyl (C=O) groups is 2. The molecule has 1 heterocycles. The first-order chi connectivity index (χ1) is 12.7. The highest BCUT2D eigenvalue weighted by Crippen LogP contribution is 2.22. The van der Waals surface area contributed by atoms with Crippen LogP contribution >= 0.6 is 0 Å². The van der Waals surface area contributed by atoms with Crippen molar-refractivity contribution >= 4 is 22.8 Å². The molecular weight excluding hydrogens is 330 g/mol. The molecule has 0 radical (unpaired) electrons. The van der Waals surface area contributed by atoms with Crippen molar-refractivity contribution in [3.05, 3.63) is 71.9 Å². The van der Waals surface area contributed by atoms with Crippen LogP contribution < -0.4 is 0 Å². The second kappa shape index (κ2) is 8.34. The third-order valence-electron chi connectivity index (χ3n) is 4.05. The van der Waals surface area contributed by atoms with E-state index in [0.29, 0.717) is 6.61 Å². The highest BCUT2D eigenvalue weighted by Gasteiger charge is 2.14. The van der Waals surface area contributed by atoms with Gasteiger partial charge >= 0.3 is 11.9 Å². The Morgan fingerprint density at radius 1 is 0.923 bits per heavy atom. The van der Waals surface area contributed by atoms with Crippen molar-refractivity contribution in [2.75, 3.05) is 6.61 Å². The lowest BCUT2D eigenvalue weighted by molar-refractivity contribution is -0.144. The van der Waals surface area contributed by atoms with Crippen molar-refractivity contribution < 1.29 is 19.1 Å². The van der Waals surface area contributed by atoms with Crippen LogP contribution in [0.2, 0.25) is 0 Å². The van der Waals surface area contributed by atoms with Gasteiger partial charge in [0.05, 0.1) is 13.0 Å². The number of nitrogens with zero attached hydrogens (tertiary/aromatic N) is 1. The van der Waals surface area contributed by atoms with E-state index in [0.717, 1.165) is 22.0 Å². The van der Waals surface area contributed by atoms with Gasteiger partial charge in [0, 0.05) is 17.1 Å². The normalized spacial score (nSPS) is 10.7. The largest absolute Gasteiger partial charge is 0.465 e. The molecule has 5 heteroatoms. The quantitative estimate of drug-likeness (QED) is 0.612. The van der Waals surface area contributed by atoms with Crippen molar-refractivity contribution in [2.24, 2.45) is 0 Å². The minimum atomic E-state index is -0.300. The van der Waals surface area contributed by atoms with Gasteiger partial charge in [0.15, 0.2) is 0 Å². The summed E-state index contributed by atoms with van der Waals surface area (Å²) in [6.07, 6.45) is 1.98. The second-order valence-electron chi connectivity index (χ2n) is 5.93. The molecule has 0 amide bonds. The Morgan fingerprint density at radius 2 is 1.65 bits per heavy atom. The Labute approximate surface area is 152 Å². The maximum Gasteiger partial charge on any atom is 0.325 e. The summed E-state index contributed by atoms with van der Waals surface area (Å²) in [5.74, 6) is -0.598. The first-order valence-corrected chi connectivity index (χ1v) is 8.59. The Hall–Kier alpha value is -3.08. The molecular formula is C21H21NO4. The summed E-state index contributed by atoms with van der Waals surface area (Å²) in [4.78, 5) is 24.1. The van der Waals surface area contributed by atoms with E-state index in [4.69, 9.17) is 9.47 Å². The van der Waals surface area contributed by atoms with E-state index < -0.39 is 0 Å². The molecule has 3 aromatic rings. The van der Waals surface area contributed by atoms with E-state index in [1.54, 1.807) is 6.92 Å². The molecule has 0 bridgehead atoms. The average molecular weight is 351 g/mol. The average Bonchev–Trinajstić information content (AvgIpc) is 2.99. The zero-order valence-corrected chi connectivity index (χ0v) is 14.7. The highest BCUT2D eigenvalue weighted by atomic mass is 16.5. The number of aromatic nitrogens is 1. The number of esters is 2. The van der Waals surface area contributed by atoms with Gasteiger partial charge in [-0.25, -0.2) is 0 Å². The van der Waals surface area contributed by atoms with Crippen LogP contribution in [0.1, 0.15) is 18.1 Å². The fourth-order valence-electron chi connectivity index (χ4n) is 2.88. The summed E-state index contributed by atoms with van der Waals surface area (Å²) in [5, 5.41) is 0.938. The predicted octanol–water partition coefficient (Wildman–Crippen LogP) is 3.49. The molecule has 26 heavy (non-hydrogen) atoms. The van der Waals surface area contributed by atoms with Crippen LogP contribution in [0, 0.1) is 0 Å². The van der Waals surface area contributed by atoms with Crippen LogP contribution in [-0.4, -0.2) is 23.1 Å². The molecule has 0 aliphatic carbocycles. The molecule has 0 spiro atoms. The van der Waals surface area contributed by atoms with E-state index >= 15 is 0 Å². The number of fused-ring (bicyclic) bond motifs is 1. The van der Waals surface area contributed by atoms with Crippen molar-refractivity contribution in [3.8, 4) is 0 Å². The first kappa shape index (κ1) is 17.7. The number of para-hydroxylation sites is 1. The van der Waals surface area contributed by atoms with E-state index in [1.807, 2.05) is 65.4 Å². The first-order valence-electron chi connectivity index (χ1n) is 8.59. The van der Waals surface area contributed by atoms with Gasteiger partial charge in [0.25, 0.3) is 0 Å². The van der Waals surface area contributed by atoms with Gasteiger partial charge in [-0.1, -0.05) is 48.5 Å². The van der Waals surface area contributed by atoms with Crippen LogP contribution in [0.25, 0.3) is 10.9 Å². The summed E-state index contributed by atoms with van der Waals surface area (Å²) in [7, 11) is 0. The lowest BCUT2D eigenvalue weighted by atomic mass is 10.1. The number of benzene rings is 2. The second-order valence-corrected chi connectivity index (χ2v) is 5.93. The molecule has 134 valence electrons. The van der Waals surface area contributed by atoms with E-state index in [2.05, 4.69) is 0 Å². The SMILES string of the molecule is CCOC(=O)Cn1cc(CC(=O)OCc2ccccc2)c2ccccc21. The van der Waals surface area contributed by atoms with Gasteiger partial charge in [-0.2, -0.15) is 0 Å². The van der Waals surface area contributed by atoms with Crippen LogP contribution in [0.5, 0.6) is 0 Å². The minimum Gasteiger partial charge on any atom is -0.465 e. The van der Waals surface area contributed by atoms with Gasteiger partial charge in [0.1, 0.15) is 13.2 Å². The van der Waals surface area contributed by atoms with Crippen LogP contribution in [0.15, 0.2) is 60.8 Å². The molecule has 0 saturated heterocycles. The van der Waals surface area contributed by atoms with E-state index in [-0.39, 0.29) is 31.5 Å². The lowest BCUT2D eigenvalue weighted by Gasteiger charge is -2.04. The number of carbonyl (C=O) groups excluding carboxylic acids is 2. The van der Waals surface area contributed by atoms with Gasteiger partial charge in [-0.3, -0.25) is 9.59 Å². The molecule has 0 aliphatic rings. The summed E-state index contributed by atoms with van der Waals surface area (Å²) in [6, 6.07) is 17.3. The molecule has 3 rings (SSSR count). The van der Waals surface area contributed by atoms with Crippen molar-refractivity contribution in [1.82, 2.24) is 4.57 Å². The molecule has 0 atom stereocenters. The van der Waals surface area contributed by atoms with Gasteiger partial charge < -0.3 is 14.0 Å². The Balaban J connectivity index is 1.73. The number of ether oxygens (including phenoxy) is 2. The summed E-state index contributed by atoms with van der Waals surface area (Å²) >= 11 is 0. The number of hydrogen-bond donors (Lipinski definition) is 0. The fraction of sp³-hybridized carbons (Fsp3) is 0.238. The van der Waals surface area contributed by atoms with Crippen molar-refractivity contribution in [2.45, 2.75) is 26.5 Å². The van der Waals surface area contributed by atoms with Crippen molar-refractivity contribution in [1.29, 1.82) is 0 Å². The molecule has 5 nitrogen and oxygen atoms in total. The fourth-order valence-corrected chi connectivity index (χ4v) is 2.88. The maximum atomic E-state index is 12.2. The third kappa shape index (κ3) is 4.30. The van der Waals surface area contributed by atoms with Crippen LogP contribution in [0.3, 0.4) is 0 Å². The van der Waals surface area contributed by atoms with Crippen LogP contribution in [-0.2, 0) is 38.6 Å². The summed E-state index contributed by atoms with van der Waals surface area (Å²) in [5.41, 5.74) is 2.68. The molecule has 0 saturated carbocycles. The summed E-state index contributed by atoms with van der Waals surface area (Å²) < 4.78 is 12.2. The van der Waals surface area contributed by atoms with Crippen molar-refractivity contribution in [3.63, 3.8) is 0 Å². The molecule has 0 aliphatic heterocycles. The topological polar surface area (TPSA) is 57.5 Å². The Morgan fingerprint density at radius 3 is 2.42 bits per heavy atom. The van der Waals surface area contributed by atoms with Gasteiger partial charge in [0.2, 0.25) is 0 Å². The smallest absolute Gasteiger partial charge is 0.325 e. The number of hydrogen-bond acceptors (Lipinski definition) is 4. The monoisotopic (exact) mass is 351 g/mol. The van der Waals surface area contributed by atoms with Gasteiger partial charge in [-0.05, 0) is 24.1 Å². The molecule has 0 N–H and O–H groups in total. The zero-order chi connectivity index (χ0) is 18.4. The summed E-state index contributed by atoms with van der Waals surface area (Å²) in [6.45, 7) is 2.49. The number of rotatable bonds is 7. The molecule has 0 unspecified atom stereocenters. The predicted molar refractivity (Wildman–Crippen MR) is 98.5 cm³/mol. The Bertz CT molecular complexity index is 899. The van der Waals surface area contributed by atoms with Gasteiger partial charge in [-0.15, -0.1) is 0 Å². The molecule has 2 aromatic carbocycles. The highest BCUT2D eigenvalue weighted by molar-refractivity contribution is 5.88.